The molecule has 10 nitrogen and oxygen atoms in total. The van der Waals surface area contributed by atoms with E-state index in [-0.39, 0.29) is 42.7 Å². The minimum Gasteiger partial charge on any atom is -0.494 e. The molecule has 1 saturated heterocycles. The zero-order chi connectivity index (χ0) is 24.1. The molecular formula is C23H24FN5O5. The number of amides is 1. The number of hydrogen-bond acceptors (Lipinski definition) is 9. The van der Waals surface area contributed by atoms with E-state index in [1.165, 1.54) is 19.2 Å². The quantitative estimate of drug-likeness (QED) is 0.653. The van der Waals surface area contributed by atoms with Gasteiger partial charge in [-0.3, -0.25) is 4.79 Å². The molecule has 2 aliphatic rings. The smallest absolute Gasteiger partial charge is 0.270 e. The highest BCUT2D eigenvalue weighted by atomic mass is 19.1. The van der Waals surface area contributed by atoms with Gasteiger partial charge in [0.2, 0.25) is 0 Å². The van der Waals surface area contributed by atoms with Crippen molar-refractivity contribution in [2.75, 3.05) is 20.3 Å². The number of ether oxygens (including phenoxy) is 3. The van der Waals surface area contributed by atoms with Crippen molar-refractivity contribution in [3.63, 3.8) is 0 Å². The van der Waals surface area contributed by atoms with Crippen LogP contribution in [-0.4, -0.2) is 60.2 Å². The largest absolute Gasteiger partial charge is 0.494 e. The van der Waals surface area contributed by atoms with E-state index in [1.807, 2.05) is 0 Å². The van der Waals surface area contributed by atoms with Gasteiger partial charge in [-0.05, 0) is 30.7 Å². The van der Waals surface area contributed by atoms with Crippen molar-refractivity contribution in [3.8, 4) is 11.8 Å². The predicted octanol–water partition coefficient (Wildman–Crippen LogP) is 2.05. The summed E-state index contributed by atoms with van der Waals surface area (Å²) in [5, 5.41) is 15.7. The third kappa shape index (κ3) is 5.47. The van der Waals surface area contributed by atoms with Crippen molar-refractivity contribution in [3.05, 3.63) is 52.9 Å². The molecule has 34 heavy (non-hydrogen) atoms. The normalized spacial score (nSPS) is 21.8. The minimum absolute atomic E-state index is 0.105. The number of aryl methyl sites for hydroxylation is 1. The van der Waals surface area contributed by atoms with E-state index in [2.05, 4.69) is 26.5 Å². The van der Waals surface area contributed by atoms with Crippen LogP contribution in [0.4, 0.5) is 4.39 Å². The summed E-state index contributed by atoms with van der Waals surface area (Å²) in [7, 11) is 1.38. The number of halogens is 1. The fraction of sp³-hybridized carbons (Fsp3) is 0.435. The van der Waals surface area contributed by atoms with Crippen LogP contribution in [0, 0.1) is 24.1 Å². The van der Waals surface area contributed by atoms with Gasteiger partial charge in [0.15, 0.2) is 17.7 Å². The lowest BCUT2D eigenvalue weighted by Crippen LogP contribution is -2.42. The van der Waals surface area contributed by atoms with E-state index in [0.717, 1.165) is 0 Å². The Kier molecular flexibility index (Phi) is 7.30. The van der Waals surface area contributed by atoms with Crippen LogP contribution in [0.5, 0.6) is 5.75 Å². The second-order valence-electron chi connectivity index (χ2n) is 7.91. The standard InChI is InChI=1S/C23H24FN5O5/c1-13-27-17(18-9-21(34-29-18)22-12-32-15(5-6-25)11-33-22)8-19(28-13)23(30)26-10-14-3-4-16(24)20(7-14)31-2/h3-4,7-8,15,21-22H,5,9-12H2,1-2H3,(H,26,30). The number of aromatic nitrogens is 2. The molecule has 0 bridgehead atoms. The van der Waals surface area contributed by atoms with Crippen LogP contribution in [0.2, 0.25) is 0 Å². The number of nitriles is 1. The van der Waals surface area contributed by atoms with E-state index in [9.17, 15) is 9.18 Å². The second-order valence-corrected chi connectivity index (χ2v) is 7.91. The van der Waals surface area contributed by atoms with Crippen LogP contribution in [-0.2, 0) is 20.9 Å². The monoisotopic (exact) mass is 469 g/mol. The first kappa shape index (κ1) is 23.5. The van der Waals surface area contributed by atoms with Crippen LogP contribution in [0.1, 0.15) is 40.4 Å². The Balaban J connectivity index is 1.37. The highest BCUT2D eigenvalue weighted by molar-refractivity contribution is 6.02. The van der Waals surface area contributed by atoms with Gasteiger partial charge in [-0.2, -0.15) is 5.26 Å². The number of carbonyl (C=O) groups excluding carboxylic acids is 1. The summed E-state index contributed by atoms with van der Waals surface area (Å²) in [5.41, 5.74) is 1.93. The van der Waals surface area contributed by atoms with Gasteiger partial charge in [0.1, 0.15) is 23.3 Å². The lowest BCUT2D eigenvalue weighted by atomic mass is 10.0. The summed E-state index contributed by atoms with van der Waals surface area (Å²) < 4.78 is 30.0. The minimum atomic E-state index is -0.473. The highest BCUT2D eigenvalue weighted by Crippen LogP contribution is 2.24. The van der Waals surface area contributed by atoms with Gasteiger partial charge in [-0.15, -0.1) is 0 Å². The summed E-state index contributed by atoms with van der Waals surface area (Å²) in [4.78, 5) is 26.9. The molecule has 0 spiro atoms. The zero-order valence-electron chi connectivity index (χ0n) is 18.8. The predicted molar refractivity (Wildman–Crippen MR) is 117 cm³/mol. The van der Waals surface area contributed by atoms with Gasteiger partial charge >= 0.3 is 0 Å². The number of oxime groups is 1. The van der Waals surface area contributed by atoms with Crippen molar-refractivity contribution in [1.29, 1.82) is 5.26 Å². The third-order valence-corrected chi connectivity index (χ3v) is 5.45. The maximum Gasteiger partial charge on any atom is 0.270 e. The molecular weight excluding hydrogens is 445 g/mol. The molecule has 1 aromatic carbocycles. The van der Waals surface area contributed by atoms with Crippen LogP contribution in [0.25, 0.3) is 0 Å². The number of methoxy groups -OCH3 is 1. The first-order valence-electron chi connectivity index (χ1n) is 10.8. The molecule has 2 aliphatic heterocycles. The Morgan fingerprint density at radius 1 is 1.26 bits per heavy atom. The maximum absolute atomic E-state index is 13.6. The number of nitrogens with one attached hydrogen (secondary N) is 1. The van der Waals surface area contributed by atoms with Crippen molar-refractivity contribution in [2.24, 2.45) is 5.16 Å². The topological polar surface area (TPSA) is 128 Å². The van der Waals surface area contributed by atoms with E-state index in [4.69, 9.17) is 24.3 Å². The van der Waals surface area contributed by atoms with Gasteiger partial charge in [-0.25, -0.2) is 14.4 Å². The summed E-state index contributed by atoms with van der Waals surface area (Å²) in [6, 6.07) is 8.00. The second kappa shape index (κ2) is 10.5. The first-order valence-corrected chi connectivity index (χ1v) is 10.8. The molecule has 1 N–H and O–H groups in total. The van der Waals surface area contributed by atoms with Crippen molar-refractivity contribution in [1.82, 2.24) is 15.3 Å². The molecule has 1 amide bonds. The molecule has 2 aromatic rings. The van der Waals surface area contributed by atoms with Crippen molar-refractivity contribution < 1.29 is 28.2 Å². The molecule has 0 saturated carbocycles. The highest BCUT2D eigenvalue weighted by Gasteiger charge is 2.35. The Morgan fingerprint density at radius 3 is 2.85 bits per heavy atom. The van der Waals surface area contributed by atoms with Crippen LogP contribution in [0.3, 0.4) is 0 Å². The molecule has 11 heteroatoms. The molecule has 0 radical (unpaired) electrons. The van der Waals surface area contributed by atoms with Gasteiger partial charge in [0, 0.05) is 13.0 Å². The van der Waals surface area contributed by atoms with Gasteiger partial charge in [-0.1, -0.05) is 11.2 Å². The van der Waals surface area contributed by atoms with Crippen LogP contribution >= 0.6 is 0 Å². The van der Waals surface area contributed by atoms with Crippen molar-refractivity contribution >= 4 is 11.6 Å². The summed E-state index contributed by atoms with van der Waals surface area (Å²) in [6.45, 7) is 2.49. The van der Waals surface area contributed by atoms with E-state index in [0.29, 0.717) is 42.4 Å². The molecule has 3 unspecified atom stereocenters. The molecule has 178 valence electrons. The fourth-order valence-corrected chi connectivity index (χ4v) is 3.66. The summed E-state index contributed by atoms with van der Waals surface area (Å²) in [6.07, 6.45) is -0.179. The number of nitrogens with zero attached hydrogens (tertiary/aromatic N) is 4. The van der Waals surface area contributed by atoms with E-state index in [1.54, 1.807) is 19.1 Å². The summed E-state index contributed by atoms with van der Waals surface area (Å²) in [5.74, 6) is -0.361. The Bertz CT molecular complexity index is 1130. The Morgan fingerprint density at radius 2 is 2.12 bits per heavy atom. The average molecular weight is 469 g/mol. The number of rotatable bonds is 7. The summed E-state index contributed by atoms with van der Waals surface area (Å²) >= 11 is 0. The van der Waals surface area contributed by atoms with Crippen LogP contribution in [0.15, 0.2) is 29.4 Å². The first-order chi connectivity index (χ1) is 16.5. The lowest BCUT2D eigenvalue weighted by Gasteiger charge is -2.30. The molecule has 0 aliphatic carbocycles. The third-order valence-electron chi connectivity index (χ3n) is 5.45. The molecule has 1 fully saturated rings. The van der Waals surface area contributed by atoms with E-state index < -0.39 is 11.7 Å². The number of benzene rings is 1. The Hall–Kier alpha value is -3.62. The van der Waals surface area contributed by atoms with Gasteiger partial charge in [0.05, 0.1) is 44.6 Å². The van der Waals surface area contributed by atoms with Crippen molar-refractivity contribution in [2.45, 2.75) is 44.6 Å². The fourth-order valence-electron chi connectivity index (χ4n) is 3.66. The van der Waals surface area contributed by atoms with E-state index >= 15 is 0 Å². The number of hydrogen-bond donors (Lipinski definition) is 1. The van der Waals surface area contributed by atoms with Gasteiger partial charge < -0.3 is 24.4 Å². The molecule has 3 atom stereocenters. The lowest BCUT2D eigenvalue weighted by molar-refractivity contribution is -0.169. The number of carbonyl (C=O) groups is 1. The molecule has 3 heterocycles. The SMILES string of the molecule is COc1cc(CNC(=O)c2cc(C3=NOC(C4COC(CC#N)CO4)C3)nc(C)n2)ccc1F. The molecule has 1 aromatic heterocycles. The Labute approximate surface area is 195 Å². The van der Waals surface area contributed by atoms with Gasteiger partial charge in [0.25, 0.3) is 5.91 Å². The average Bonchev–Trinajstić information content (AvgIpc) is 3.34. The van der Waals surface area contributed by atoms with Crippen LogP contribution < -0.4 is 10.1 Å². The zero-order valence-corrected chi connectivity index (χ0v) is 18.8. The maximum atomic E-state index is 13.6. The molecule has 4 rings (SSSR count).